The van der Waals surface area contributed by atoms with Crippen molar-refractivity contribution in [2.45, 2.75) is 18.9 Å². The fourth-order valence-corrected chi connectivity index (χ4v) is 4.50. The molecule has 0 aliphatic carbocycles. The van der Waals surface area contributed by atoms with E-state index in [0.29, 0.717) is 76.1 Å². The molecule has 3 aromatic rings. The smallest absolute Gasteiger partial charge is 0.388 e. The maximum atomic E-state index is 13.2. The Bertz CT molecular complexity index is 1400. The molecule has 0 saturated carbocycles. The van der Waals surface area contributed by atoms with Crippen molar-refractivity contribution in [3.8, 4) is 0 Å². The van der Waals surface area contributed by atoms with Gasteiger partial charge in [0.2, 0.25) is 0 Å². The third kappa shape index (κ3) is 8.96. The van der Waals surface area contributed by atoms with Gasteiger partial charge in [-0.3, -0.25) is 10.00 Å². The van der Waals surface area contributed by atoms with E-state index in [0.717, 1.165) is 18.2 Å². The lowest BCUT2D eigenvalue weighted by Crippen LogP contribution is -2.36. The topological polar surface area (TPSA) is 142 Å². The molecular formula is C27H33F6N9O2. The minimum Gasteiger partial charge on any atom is -0.388 e. The number of hydrogen-bond donors (Lipinski definition) is 4. The molecule has 6 N–H and O–H groups in total. The summed E-state index contributed by atoms with van der Waals surface area (Å²) in [6.07, 6.45) is -8.81. The molecule has 3 heterocycles. The van der Waals surface area contributed by atoms with Crippen LogP contribution in [0.5, 0.6) is 0 Å². The lowest BCUT2D eigenvalue weighted by atomic mass is 10.1. The number of nitrogens with one attached hydrogen (secondary N) is 2. The fourth-order valence-electron chi connectivity index (χ4n) is 4.50. The van der Waals surface area contributed by atoms with Gasteiger partial charge in [-0.15, -0.1) is 5.11 Å². The molecule has 0 bridgehead atoms. The van der Waals surface area contributed by atoms with Gasteiger partial charge in [0.25, 0.3) is 0 Å². The Labute approximate surface area is 249 Å². The van der Waals surface area contributed by atoms with Gasteiger partial charge in [-0.1, -0.05) is 0 Å². The van der Waals surface area contributed by atoms with Crippen molar-refractivity contribution in [3.63, 3.8) is 0 Å². The molecule has 2 aromatic carbocycles. The highest BCUT2D eigenvalue weighted by Crippen LogP contribution is 2.36. The molecule has 17 heteroatoms. The number of nitrogen functional groups attached to an aromatic ring is 2. The van der Waals surface area contributed by atoms with Crippen LogP contribution in [0.2, 0.25) is 0 Å². The molecule has 240 valence electrons. The first-order valence-corrected chi connectivity index (χ1v) is 13.6. The quantitative estimate of drug-likeness (QED) is 0.209. The van der Waals surface area contributed by atoms with E-state index in [1.165, 1.54) is 6.07 Å². The Morgan fingerprint density at radius 2 is 1.45 bits per heavy atom. The van der Waals surface area contributed by atoms with Gasteiger partial charge in [-0.05, 0) is 42.0 Å². The molecule has 0 radical (unpaired) electrons. The number of aromatic amines is 1. The average Bonchev–Trinajstić information content (AvgIpc) is 3.32. The first-order valence-electron chi connectivity index (χ1n) is 13.6. The molecule has 11 nitrogen and oxygen atoms in total. The SMILES string of the molecule is CNc1cc(N2CCOCC2)cc(C(F)(F)F)c1.Nc1n[nH]c(N)c1N=Nc1cc(CN2CCOCC2)cc(C(F)(F)F)c1. The van der Waals surface area contributed by atoms with E-state index >= 15 is 0 Å². The number of nitrogens with zero attached hydrogens (tertiary/aromatic N) is 5. The van der Waals surface area contributed by atoms with E-state index in [2.05, 4.69) is 25.7 Å². The van der Waals surface area contributed by atoms with Gasteiger partial charge in [-0.25, -0.2) is 0 Å². The minimum absolute atomic E-state index is 0.0202. The van der Waals surface area contributed by atoms with Gasteiger partial charge in [0, 0.05) is 51.1 Å². The molecular weight excluding hydrogens is 596 g/mol. The van der Waals surface area contributed by atoms with Gasteiger partial charge >= 0.3 is 12.4 Å². The van der Waals surface area contributed by atoms with Crippen LogP contribution in [0.1, 0.15) is 16.7 Å². The largest absolute Gasteiger partial charge is 0.416 e. The predicted octanol–water partition coefficient (Wildman–Crippen LogP) is 5.42. The highest BCUT2D eigenvalue weighted by Gasteiger charge is 2.32. The van der Waals surface area contributed by atoms with E-state index in [9.17, 15) is 26.3 Å². The van der Waals surface area contributed by atoms with E-state index in [1.807, 2.05) is 9.80 Å². The first-order chi connectivity index (χ1) is 20.8. The summed E-state index contributed by atoms with van der Waals surface area (Å²) < 4.78 is 88.4. The first kappa shape index (κ1) is 32.8. The van der Waals surface area contributed by atoms with Gasteiger partial charge in [0.15, 0.2) is 11.5 Å². The number of aromatic nitrogens is 2. The van der Waals surface area contributed by atoms with E-state index in [4.69, 9.17) is 20.9 Å². The van der Waals surface area contributed by atoms with Crippen LogP contribution in [-0.4, -0.2) is 74.8 Å². The van der Waals surface area contributed by atoms with Crippen LogP contribution in [0.15, 0.2) is 46.6 Å². The summed E-state index contributed by atoms with van der Waals surface area (Å²) in [5.74, 6) is 0.110. The third-order valence-corrected chi connectivity index (χ3v) is 6.78. The number of ether oxygens (including phenoxy) is 2. The van der Waals surface area contributed by atoms with Crippen LogP contribution >= 0.6 is 0 Å². The number of azo groups is 1. The van der Waals surface area contributed by atoms with Crippen molar-refractivity contribution in [1.82, 2.24) is 15.1 Å². The summed E-state index contributed by atoms with van der Waals surface area (Å²) in [6.45, 7) is 5.14. The lowest BCUT2D eigenvalue weighted by Gasteiger charge is -2.29. The van der Waals surface area contributed by atoms with Crippen LogP contribution in [0.25, 0.3) is 0 Å². The molecule has 2 aliphatic heterocycles. The van der Waals surface area contributed by atoms with Crippen LogP contribution in [-0.2, 0) is 28.4 Å². The van der Waals surface area contributed by atoms with Crippen molar-refractivity contribution < 1.29 is 35.8 Å². The van der Waals surface area contributed by atoms with Crippen LogP contribution in [0.3, 0.4) is 0 Å². The van der Waals surface area contributed by atoms with E-state index < -0.39 is 23.5 Å². The molecule has 1 aromatic heterocycles. The van der Waals surface area contributed by atoms with Crippen LogP contribution in [0.4, 0.5) is 60.7 Å². The Hall–Kier alpha value is -4.09. The highest BCUT2D eigenvalue weighted by molar-refractivity contribution is 5.70. The number of halogens is 6. The van der Waals surface area contributed by atoms with Gasteiger partial charge in [-0.2, -0.15) is 36.6 Å². The number of nitrogens with two attached hydrogens (primary N) is 2. The number of H-pyrrole nitrogens is 1. The molecule has 0 amide bonds. The molecule has 2 fully saturated rings. The summed E-state index contributed by atoms with van der Waals surface area (Å²) in [5.41, 5.74) is 11.5. The van der Waals surface area contributed by atoms with Crippen LogP contribution in [0, 0.1) is 0 Å². The Morgan fingerprint density at radius 3 is 2.02 bits per heavy atom. The number of anilines is 4. The Kier molecular flexibility index (Phi) is 10.5. The lowest BCUT2D eigenvalue weighted by molar-refractivity contribution is -0.138. The van der Waals surface area contributed by atoms with Crippen LogP contribution < -0.4 is 21.7 Å². The zero-order valence-electron chi connectivity index (χ0n) is 23.8. The molecule has 0 atom stereocenters. The second-order valence-electron chi connectivity index (χ2n) is 9.96. The van der Waals surface area contributed by atoms with E-state index in [1.54, 1.807) is 19.2 Å². The monoisotopic (exact) mass is 629 g/mol. The maximum absolute atomic E-state index is 13.2. The predicted molar refractivity (Wildman–Crippen MR) is 153 cm³/mol. The van der Waals surface area contributed by atoms with Gasteiger partial charge in [0.05, 0.1) is 43.2 Å². The molecule has 5 rings (SSSR count). The molecule has 44 heavy (non-hydrogen) atoms. The number of morpholine rings is 2. The molecule has 0 spiro atoms. The zero-order valence-corrected chi connectivity index (χ0v) is 23.8. The second-order valence-corrected chi connectivity index (χ2v) is 9.96. The minimum atomic E-state index is -4.49. The summed E-state index contributed by atoms with van der Waals surface area (Å²) in [7, 11) is 1.61. The van der Waals surface area contributed by atoms with Crippen molar-refractivity contribution in [2.75, 3.05) is 81.3 Å². The molecule has 0 unspecified atom stereocenters. The van der Waals surface area contributed by atoms with Crippen molar-refractivity contribution in [1.29, 1.82) is 0 Å². The fraction of sp³-hybridized carbons (Fsp3) is 0.444. The normalized spacial score (nSPS) is 16.6. The van der Waals surface area contributed by atoms with E-state index in [-0.39, 0.29) is 23.0 Å². The summed E-state index contributed by atoms with van der Waals surface area (Å²) in [6, 6.07) is 7.63. The van der Waals surface area contributed by atoms with Crippen molar-refractivity contribution in [2.24, 2.45) is 10.2 Å². The Morgan fingerprint density at radius 1 is 0.841 bits per heavy atom. The average molecular weight is 630 g/mol. The summed E-state index contributed by atoms with van der Waals surface area (Å²) in [4.78, 5) is 3.92. The third-order valence-electron chi connectivity index (χ3n) is 6.78. The highest BCUT2D eigenvalue weighted by atomic mass is 19.4. The van der Waals surface area contributed by atoms with Gasteiger partial charge < -0.3 is 31.2 Å². The zero-order chi connectivity index (χ0) is 31.9. The summed E-state index contributed by atoms with van der Waals surface area (Å²) in [5, 5.41) is 16.5. The molecule has 2 aliphatic rings. The van der Waals surface area contributed by atoms with Gasteiger partial charge in [0.1, 0.15) is 5.82 Å². The number of rotatable bonds is 6. The second kappa shape index (κ2) is 14.1. The van der Waals surface area contributed by atoms with Crippen molar-refractivity contribution >= 4 is 34.4 Å². The standard InChI is InChI=1S/C15H18F3N7O.C12H15F3N2O/c16-15(17,18)10-5-9(8-25-1-3-26-4-2-25)6-11(7-10)21-22-12-13(19)23-24-14(12)20;1-16-10-6-9(12(13,14)15)7-11(8-10)17-2-4-18-5-3-17/h5-7H,1-4,8H2,(H5,19,20,23,24);6-8,16H,2-5H2,1H3. The summed E-state index contributed by atoms with van der Waals surface area (Å²) >= 11 is 0. The number of alkyl halides is 6. The molecule has 2 saturated heterocycles. The number of hydrogen-bond acceptors (Lipinski definition) is 10. The Balaban J connectivity index is 0.000000215. The maximum Gasteiger partial charge on any atom is 0.416 e. The number of benzene rings is 2. The van der Waals surface area contributed by atoms with Crippen molar-refractivity contribution in [3.05, 3.63) is 53.1 Å².